The third kappa shape index (κ3) is 3.01. The van der Waals surface area contributed by atoms with Crippen molar-refractivity contribution in [1.82, 2.24) is 9.78 Å². The van der Waals surface area contributed by atoms with Crippen molar-refractivity contribution in [2.45, 2.75) is 52.0 Å². The van der Waals surface area contributed by atoms with Crippen LogP contribution in [0.3, 0.4) is 0 Å². The first-order valence-corrected chi connectivity index (χ1v) is 8.04. The first-order chi connectivity index (χ1) is 9.97. The molecule has 2 saturated carbocycles. The first-order valence-electron chi connectivity index (χ1n) is 8.04. The SMILES string of the molecule is Cc1nn(C)c(NC(=O)C2CC3CCCC(C2)C3N)c1C.Cl. The van der Waals surface area contributed by atoms with Crippen molar-refractivity contribution >= 4 is 24.1 Å². The van der Waals surface area contributed by atoms with Gasteiger partial charge >= 0.3 is 0 Å². The van der Waals surface area contributed by atoms with E-state index in [0.717, 1.165) is 29.9 Å². The Labute approximate surface area is 138 Å². The third-order valence-corrected chi connectivity index (χ3v) is 5.55. The van der Waals surface area contributed by atoms with Crippen molar-refractivity contribution in [1.29, 1.82) is 0 Å². The molecule has 6 heteroatoms. The molecular weight excluding hydrogens is 300 g/mol. The molecule has 2 atom stereocenters. The predicted molar refractivity (Wildman–Crippen MR) is 90.1 cm³/mol. The molecule has 22 heavy (non-hydrogen) atoms. The van der Waals surface area contributed by atoms with E-state index in [-0.39, 0.29) is 24.2 Å². The van der Waals surface area contributed by atoms with Crippen molar-refractivity contribution in [3.05, 3.63) is 11.3 Å². The largest absolute Gasteiger partial charge is 0.327 e. The molecule has 2 bridgehead atoms. The molecule has 0 saturated heterocycles. The van der Waals surface area contributed by atoms with Crippen molar-refractivity contribution in [3.8, 4) is 0 Å². The zero-order valence-corrected chi connectivity index (χ0v) is 14.4. The number of nitrogens with one attached hydrogen (secondary N) is 1. The molecular formula is C16H27ClN4O. The second kappa shape index (κ2) is 6.59. The predicted octanol–water partition coefficient (Wildman–Crippen LogP) is 2.55. The molecule has 124 valence electrons. The monoisotopic (exact) mass is 326 g/mol. The molecule has 2 aliphatic carbocycles. The van der Waals surface area contributed by atoms with Crippen molar-refractivity contribution in [2.24, 2.45) is 30.5 Å². The summed E-state index contributed by atoms with van der Waals surface area (Å²) in [5, 5.41) is 7.45. The van der Waals surface area contributed by atoms with Gasteiger partial charge in [-0.2, -0.15) is 5.10 Å². The Morgan fingerprint density at radius 1 is 1.27 bits per heavy atom. The van der Waals surface area contributed by atoms with E-state index < -0.39 is 0 Å². The molecule has 1 amide bonds. The highest BCUT2D eigenvalue weighted by atomic mass is 35.5. The van der Waals surface area contributed by atoms with E-state index in [9.17, 15) is 4.79 Å². The number of fused-ring (bicyclic) bond motifs is 2. The van der Waals surface area contributed by atoms with Gasteiger partial charge in [0.25, 0.3) is 0 Å². The Morgan fingerprint density at radius 3 is 2.36 bits per heavy atom. The van der Waals surface area contributed by atoms with Crippen LogP contribution in [0, 0.1) is 31.6 Å². The molecule has 2 aliphatic rings. The number of amides is 1. The van der Waals surface area contributed by atoms with Crippen LogP contribution in [0.2, 0.25) is 0 Å². The van der Waals surface area contributed by atoms with E-state index in [0.29, 0.717) is 17.9 Å². The van der Waals surface area contributed by atoms with Gasteiger partial charge < -0.3 is 11.1 Å². The maximum Gasteiger partial charge on any atom is 0.228 e. The molecule has 2 unspecified atom stereocenters. The summed E-state index contributed by atoms with van der Waals surface area (Å²) < 4.78 is 1.76. The number of aryl methyl sites for hydroxylation is 2. The fourth-order valence-corrected chi connectivity index (χ4v) is 4.16. The Kier molecular flexibility index (Phi) is 5.17. The molecule has 5 nitrogen and oxygen atoms in total. The highest BCUT2D eigenvalue weighted by Crippen LogP contribution is 2.42. The van der Waals surface area contributed by atoms with E-state index in [4.69, 9.17) is 5.73 Å². The van der Waals surface area contributed by atoms with Crippen molar-refractivity contribution in [3.63, 3.8) is 0 Å². The van der Waals surface area contributed by atoms with Gasteiger partial charge in [0.2, 0.25) is 5.91 Å². The van der Waals surface area contributed by atoms with Gasteiger partial charge in [-0.3, -0.25) is 9.48 Å². The number of hydrogen-bond acceptors (Lipinski definition) is 3. The van der Waals surface area contributed by atoms with Gasteiger partial charge in [0.15, 0.2) is 0 Å². The number of halogens is 1. The average Bonchev–Trinajstić information content (AvgIpc) is 2.65. The summed E-state index contributed by atoms with van der Waals surface area (Å²) in [7, 11) is 1.88. The van der Waals surface area contributed by atoms with Crippen LogP contribution in [0.5, 0.6) is 0 Å². The number of rotatable bonds is 2. The summed E-state index contributed by atoms with van der Waals surface area (Å²) in [6, 6.07) is 0.309. The highest BCUT2D eigenvalue weighted by molar-refractivity contribution is 5.92. The van der Waals surface area contributed by atoms with Crippen LogP contribution < -0.4 is 11.1 Å². The van der Waals surface area contributed by atoms with Gasteiger partial charge in [0.05, 0.1) is 5.69 Å². The van der Waals surface area contributed by atoms with Crippen molar-refractivity contribution in [2.75, 3.05) is 5.32 Å². The number of carbonyl (C=O) groups is 1. The van der Waals surface area contributed by atoms with E-state index in [1.807, 2.05) is 20.9 Å². The van der Waals surface area contributed by atoms with E-state index in [1.54, 1.807) is 4.68 Å². The Morgan fingerprint density at radius 2 is 1.86 bits per heavy atom. The standard InChI is InChI=1S/C16H26N4O.ClH/c1-9-10(2)19-20(3)15(9)18-16(21)13-7-11-5-4-6-12(8-13)14(11)17;/h11-14H,4-8,17H2,1-3H3,(H,18,21);1H. The molecule has 0 spiro atoms. The highest BCUT2D eigenvalue weighted by Gasteiger charge is 2.40. The Balaban J connectivity index is 0.00000176. The lowest BCUT2D eigenvalue weighted by atomic mass is 9.65. The minimum Gasteiger partial charge on any atom is -0.327 e. The quantitative estimate of drug-likeness (QED) is 0.877. The normalized spacial score (nSPS) is 30.5. The number of aromatic nitrogens is 2. The van der Waals surface area contributed by atoms with Crippen LogP contribution in [0.1, 0.15) is 43.4 Å². The molecule has 0 aliphatic heterocycles. The smallest absolute Gasteiger partial charge is 0.228 e. The summed E-state index contributed by atoms with van der Waals surface area (Å²) in [6.07, 6.45) is 5.53. The lowest BCUT2D eigenvalue weighted by molar-refractivity contribution is -0.122. The fraction of sp³-hybridized carbons (Fsp3) is 0.750. The van der Waals surface area contributed by atoms with Crippen molar-refractivity contribution < 1.29 is 4.79 Å². The Hall–Kier alpha value is -1.07. The van der Waals surface area contributed by atoms with Crippen LogP contribution in [0.25, 0.3) is 0 Å². The summed E-state index contributed by atoms with van der Waals surface area (Å²) in [5.74, 6) is 2.14. The minimum atomic E-state index is 0. The number of anilines is 1. The van der Waals surface area contributed by atoms with E-state index in [2.05, 4.69) is 10.4 Å². The Bertz CT molecular complexity index is 543. The summed E-state index contributed by atoms with van der Waals surface area (Å²) in [6.45, 7) is 3.97. The number of hydrogen-bond donors (Lipinski definition) is 2. The van der Waals surface area contributed by atoms with E-state index >= 15 is 0 Å². The molecule has 3 rings (SSSR count). The van der Waals surface area contributed by atoms with Gasteiger partial charge in [-0.05, 0) is 51.4 Å². The van der Waals surface area contributed by atoms with Gasteiger partial charge in [-0.1, -0.05) is 6.42 Å². The fourth-order valence-electron chi connectivity index (χ4n) is 4.16. The lowest BCUT2D eigenvalue weighted by Gasteiger charge is -2.43. The molecule has 0 radical (unpaired) electrons. The maximum atomic E-state index is 12.6. The van der Waals surface area contributed by atoms with Crippen LogP contribution in [0.15, 0.2) is 0 Å². The number of nitrogens with two attached hydrogens (primary N) is 1. The van der Waals surface area contributed by atoms with Crippen LogP contribution in [-0.4, -0.2) is 21.7 Å². The second-order valence-electron chi connectivity index (χ2n) is 6.87. The van der Waals surface area contributed by atoms with E-state index in [1.165, 1.54) is 19.3 Å². The molecule has 1 aromatic heterocycles. The van der Waals surface area contributed by atoms with Gasteiger partial charge in [-0.15, -0.1) is 12.4 Å². The van der Waals surface area contributed by atoms with Gasteiger partial charge in [0, 0.05) is 24.6 Å². The van der Waals surface area contributed by atoms with Crippen LogP contribution >= 0.6 is 12.4 Å². The summed E-state index contributed by atoms with van der Waals surface area (Å²) >= 11 is 0. The number of carbonyl (C=O) groups excluding carboxylic acids is 1. The minimum absolute atomic E-state index is 0. The van der Waals surface area contributed by atoms with Gasteiger partial charge in [-0.25, -0.2) is 0 Å². The average molecular weight is 327 g/mol. The zero-order chi connectivity index (χ0) is 15.1. The molecule has 1 heterocycles. The van der Waals surface area contributed by atoms with Gasteiger partial charge in [0.1, 0.15) is 5.82 Å². The molecule has 2 fully saturated rings. The molecule has 1 aromatic rings. The van der Waals surface area contributed by atoms with Crippen LogP contribution in [0.4, 0.5) is 5.82 Å². The third-order valence-electron chi connectivity index (χ3n) is 5.55. The summed E-state index contributed by atoms with van der Waals surface area (Å²) in [5.41, 5.74) is 8.33. The maximum absolute atomic E-state index is 12.6. The first kappa shape index (κ1) is 17.3. The zero-order valence-electron chi connectivity index (χ0n) is 13.6. The topological polar surface area (TPSA) is 72.9 Å². The van der Waals surface area contributed by atoms with Crippen LogP contribution in [-0.2, 0) is 11.8 Å². The lowest BCUT2D eigenvalue weighted by Crippen LogP contribution is -2.48. The molecule has 0 aromatic carbocycles. The summed E-state index contributed by atoms with van der Waals surface area (Å²) in [4.78, 5) is 12.6. The molecule has 3 N–H and O–H groups in total. The number of nitrogens with zero attached hydrogens (tertiary/aromatic N) is 2. The second-order valence-corrected chi connectivity index (χ2v) is 6.87.